The highest BCUT2D eigenvalue weighted by molar-refractivity contribution is 5.91. The highest BCUT2D eigenvalue weighted by atomic mass is 15.5. The van der Waals surface area contributed by atoms with Crippen LogP contribution < -0.4 is 62.0 Å². The molecule has 0 aliphatic carbocycles. The van der Waals surface area contributed by atoms with Crippen molar-refractivity contribution in [3.63, 3.8) is 0 Å². The molecule has 15 heteroatoms. The number of nitrogens with zero attached hydrogens (tertiary/aromatic N) is 15. The van der Waals surface area contributed by atoms with Crippen LogP contribution in [0.5, 0.6) is 0 Å². The van der Waals surface area contributed by atoms with Crippen LogP contribution in [0.1, 0.15) is 75.8 Å². The maximum Gasteiger partial charge on any atom is 0.283 e. The number of anilines is 9. The van der Waals surface area contributed by atoms with E-state index in [0.29, 0.717) is 36.7 Å². The van der Waals surface area contributed by atoms with Gasteiger partial charge in [0.15, 0.2) is 18.5 Å². The molecule has 0 spiro atoms. The van der Waals surface area contributed by atoms with Crippen LogP contribution >= 0.6 is 0 Å². The number of fused-ring (bicyclic) bond motifs is 14. The summed E-state index contributed by atoms with van der Waals surface area (Å²) in [5, 5.41) is 0. The van der Waals surface area contributed by atoms with Crippen molar-refractivity contribution in [1.29, 1.82) is 0 Å². The van der Waals surface area contributed by atoms with Crippen molar-refractivity contribution >= 4 is 51.8 Å². The molecule has 8 aliphatic rings. The van der Waals surface area contributed by atoms with E-state index in [-0.39, 0.29) is 6.17 Å². The van der Waals surface area contributed by atoms with Crippen molar-refractivity contribution in [3.05, 3.63) is 266 Å². The Morgan fingerprint density at radius 3 is 1.40 bits per heavy atom. The Balaban J connectivity index is 0.000000107. The number of benzene rings is 5. The molecule has 0 amide bonds. The first kappa shape index (κ1) is 67.4. The molecular weight excluding hydrogens is 1230 g/mol. The van der Waals surface area contributed by atoms with E-state index in [1.165, 1.54) is 111 Å². The molecule has 100 heavy (non-hydrogen) atoms. The van der Waals surface area contributed by atoms with E-state index in [2.05, 4.69) is 399 Å². The van der Waals surface area contributed by atoms with Crippen molar-refractivity contribution in [1.82, 2.24) is 9.80 Å². The van der Waals surface area contributed by atoms with Crippen molar-refractivity contribution < 1.29 is 22.8 Å². The molecule has 13 heterocycles. The zero-order chi connectivity index (χ0) is 69.3. The van der Waals surface area contributed by atoms with Crippen LogP contribution in [0.25, 0.3) is 11.1 Å². The van der Waals surface area contributed by atoms with Gasteiger partial charge in [-0.2, -0.15) is 0 Å². The Hall–Kier alpha value is -9.83. The fourth-order valence-electron chi connectivity index (χ4n) is 17.3. The number of hydrogen-bond acceptors (Lipinski definition) is 10. The smallest absolute Gasteiger partial charge is 0.283 e. The normalized spacial score (nSPS) is 23.2. The first-order chi connectivity index (χ1) is 48.6. The van der Waals surface area contributed by atoms with Crippen LogP contribution in [0.3, 0.4) is 0 Å². The van der Waals surface area contributed by atoms with Gasteiger partial charge in [-0.3, -0.25) is 9.80 Å². The van der Waals surface area contributed by atoms with Gasteiger partial charge in [-0.1, -0.05) is 127 Å². The van der Waals surface area contributed by atoms with Gasteiger partial charge >= 0.3 is 0 Å². The zero-order valence-electron chi connectivity index (χ0n) is 61.0. The second kappa shape index (κ2) is 29.2. The lowest BCUT2D eigenvalue weighted by molar-refractivity contribution is -0.659. The quantitative estimate of drug-likeness (QED) is 0.156. The Bertz CT molecular complexity index is 4450. The third-order valence-corrected chi connectivity index (χ3v) is 22.8. The fraction of sp³-hybridized carbons (Fsp3) is 0.353. The molecule has 6 bridgehead atoms. The minimum atomic E-state index is 0.198. The number of para-hydroxylation sites is 4. The lowest BCUT2D eigenvalue weighted by Gasteiger charge is -2.30. The first-order valence-electron chi connectivity index (χ1n) is 36.4. The number of hydrogen-bond donors (Lipinski definition) is 0. The topological polar surface area (TPSA) is 51.8 Å². The number of aromatic nitrogens is 5. The summed E-state index contributed by atoms with van der Waals surface area (Å²) >= 11 is 0. The molecule has 5 aromatic carbocycles. The highest BCUT2D eigenvalue weighted by Gasteiger charge is 2.50. The summed E-state index contributed by atoms with van der Waals surface area (Å²) in [6.45, 7) is 18.4. The average Bonchev–Trinajstić information content (AvgIpc) is 1.60. The molecule has 0 radical (unpaired) electrons. The summed E-state index contributed by atoms with van der Waals surface area (Å²) in [7, 11) is 15.0. The minimum Gasteiger partial charge on any atom is -0.336 e. The second-order valence-electron chi connectivity index (χ2n) is 28.5. The van der Waals surface area contributed by atoms with Crippen LogP contribution in [0.15, 0.2) is 243 Å². The Morgan fingerprint density at radius 2 is 0.800 bits per heavy atom. The van der Waals surface area contributed by atoms with Crippen molar-refractivity contribution in [2.75, 3.05) is 86.0 Å². The minimum absolute atomic E-state index is 0.198. The Kier molecular flexibility index (Phi) is 19.6. The molecule has 0 N–H and O–H groups in total. The number of rotatable bonds is 5. The van der Waals surface area contributed by atoms with Crippen LogP contribution in [-0.2, 0) is 54.6 Å². The van der Waals surface area contributed by atoms with E-state index < -0.39 is 0 Å². The van der Waals surface area contributed by atoms with Crippen LogP contribution in [0.2, 0.25) is 0 Å². The zero-order valence-corrected chi connectivity index (χ0v) is 61.0. The molecule has 10 aromatic rings. The van der Waals surface area contributed by atoms with E-state index >= 15 is 0 Å². The van der Waals surface area contributed by atoms with Gasteiger partial charge in [0.05, 0.1) is 79.3 Å². The van der Waals surface area contributed by atoms with Gasteiger partial charge in [0.1, 0.15) is 36.1 Å². The van der Waals surface area contributed by atoms with Gasteiger partial charge in [-0.15, -0.1) is 0 Å². The molecule has 0 saturated carbocycles. The summed E-state index contributed by atoms with van der Waals surface area (Å²) < 4.78 is 11.1. The van der Waals surface area contributed by atoms with Crippen molar-refractivity contribution in [2.24, 2.45) is 35.2 Å². The third kappa shape index (κ3) is 13.0. The Labute approximate surface area is 595 Å². The summed E-state index contributed by atoms with van der Waals surface area (Å²) in [6.07, 6.45) is 17.5. The van der Waals surface area contributed by atoms with E-state index in [4.69, 9.17) is 0 Å². The summed E-state index contributed by atoms with van der Waals surface area (Å²) in [5.74, 6) is 6.39. The molecule has 18 rings (SSSR count). The van der Waals surface area contributed by atoms with Gasteiger partial charge < -0.3 is 14.7 Å². The summed E-state index contributed by atoms with van der Waals surface area (Å²) in [6, 6.07) is 77.6. The molecule has 10 unspecified atom stereocenters. The van der Waals surface area contributed by atoms with Crippen LogP contribution in [0, 0.1) is 0 Å². The first-order valence-corrected chi connectivity index (χ1v) is 36.4. The predicted octanol–water partition coefficient (Wildman–Crippen LogP) is 12.0. The number of aryl methyl sites for hydroxylation is 5. The van der Waals surface area contributed by atoms with Gasteiger partial charge in [0.2, 0.25) is 0 Å². The maximum atomic E-state index is 2.60. The van der Waals surface area contributed by atoms with Gasteiger partial charge in [-0.05, 0) is 119 Å². The van der Waals surface area contributed by atoms with E-state index in [9.17, 15) is 0 Å². The second-order valence-corrected chi connectivity index (χ2v) is 28.5. The Morgan fingerprint density at radius 1 is 0.340 bits per heavy atom. The molecule has 5 aromatic heterocycles. The van der Waals surface area contributed by atoms with E-state index in [1.54, 1.807) is 0 Å². The summed E-state index contributed by atoms with van der Waals surface area (Å²) in [5.41, 5.74) is 13.7. The van der Waals surface area contributed by atoms with Gasteiger partial charge in [0.25, 0.3) is 29.1 Å². The largest absolute Gasteiger partial charge is 0.336 e. The van der Waals surface area contributed by atoms with Crippen LogP contribution in [0.4, 0.5) is 51.8 Å². The lowest BCUT2D eigenvalue weighted by Crippen LogP contribution is -2.49. The van der Waals surface area contributed by atoms with Gasteiger partial charge in [-0.25, -0.2) is 47.3 Å². The molecule has 514 valence electrons. The third-order valence-electron chi connectivity index (χ3n) is 22.8. The maximum absolute atomic E-state index is 2.60. The van der Waals surface area contributed by atoms with E-state index in [1.807, 2.05) is 0 Å². The molecule has 4 saturated heterocycles. The van der Waals surface area contributed by atoms with Crippen LogP contribution in [-0.4, -0.2) is 99.5 Å². The molecule has 8 aliphatic heterocycles. The molecule has 10 atom stereocenters. The summed E-state index contributed by atoms with van der Waals surface area (Å²) in [4.78, 5) is 25.0. The molecule has 15 nitrogen and oxygen atoms in total. The number of piperidine rings is 1. The predicted molar refractivity (Wildman–Crippen MR) is 407 cm³/mol. The SMILES string of the molecule is CC1N(C)c2ccccc2-c2ccccc2N1c1cccc[n+]1C.CC1N(C)c2ccccc2CCN1c1cccc[n+]1C.CC1N2CC(Cc3ccccc32)N1c1cccc[n+]1C.CC1N2CCCC(C2)N1c1cccc[n+]1C.CC1N2Cc3ccccc3C(C2)N1c1cccc[n+]1C. The monoisotopic (exact) mass is 1330 g/mol. The number of pyridine rings is 5. The van der Waals surface area contributed by atoms with Crippen molar-refractivity contribution in [2.45, 2.75) is 116 Å². The molecular formula is C85H104N15+5. The fourth-order valence-corrected chi connectivity index (χ4v) is 17.3. The lowest BCUT2D eigenvalue weighted by atomic mass is 9.97. The van der Waals surface area contributed by atoms with Crippen molar-refractivity contribution in [3.8, 4) is 11.1 Å². The molecule has 4 fully saturated rings. The average molecular weight is 1340 g/mol. The highest BCUT2D eigenvalue weighted by Crippen LogP contribution is 2.45. The van der Waals surface area contributed by atoms with Gasteiger partial charge in [0, 0.05) is 117 Å². The standard InChI is InChI=1S/C21H22N3.2C17H20N3.C17H22N3.C13H20N3/c1-16-23(3)19-12-6-4-10-17(19)18-11-5-7-13-20(18)24(16)21-14-8-9-15-22(21)2;1-13-19-12-15(11-14-7-3-4-8-16(14)19)20(13)17-9-5-6-10-18(17)2;1-13-19-11-14-7-3-4-8-15(14)16(12-19)20(13)17-9-5-6-10-18(17)2;1-14-19(3)16-9-5-4-8-15(16)11-13-20(14)17-10-6-7-12-18(17)2;1-11-15-9-5-6-12(10-15)16(11)13-7-3-4-8-14(13)2/h4-16H,1-3H3;3-10,13,15H,11-12H2,1-2H3;3-10,13,16H,11-12H2,1-2H3;4-10,12,14H,11,13H2,1-3H3;3-4,7-8,11-12H,5-6,9-10H2,1-2H3/q5*+1. The van der Waals surface area contributed by atoms with E-state index in [0.717, 1.165) is 45.1 Å².